The molecule has 1 saturated heterocycles. The van der Waals surface area contributed by atoms with Gasteiger partial charge in [0.05, 0.1) is 35.4 Å². The van der Waals surface area contributed by atoms with Crippen molar-refractivity contribution in [1.29, 1.82) is 0 Å². The summed E-state index contributed by atoms with van der Waals surface area (Å²) in [6.07, 6.45) is 1.87. The van der Waals surface area contributed by atoms with E-state index < -0.39 is 31.6 Å². The van der Waals surface area contributed by atoms with E-state index in [4.69, 9.17) is 14.2 Å². The van der Waals surface area contributed by atoms with Crippen LogP contribution in [-0.4, -0.2) is 72.2 Å². The Morgan fingerprint density at radius 3 is 2.10 bits per heavy atom. The van der Waals surface area contributed by atoms with Gasteiger partial charge in [0.1, 0.15) is 11.5 Å². The number of aromatic nitrogens is 3. The molecule has 9 rings (SSSR count). The Labute approximate surface area is 335 Å². The van der Waals surface area contributed by atoms with E-state index in [1.165, 1.54) is 0 Å². The number of nitrogens with zero attached hydrogens (tertiary/aromatic N) is 6. The molecule has 0 aliphatic carbocycles. The third-order valence-corrected chi connectivity index (χ3v) is 14.2. The molecule has 13 nitrogen and oxygen atoms in total. The maximum Gasteiger partial charge on any atom is 0.269 e. The van der Waals surface area contributed by atoms with Gasteiger partial charge in [-0.15, -0.1) is 5.10 Å². The van der Waals surface area contributed by atoms with Crippen LogP contribution < -0.4 is 24.2 Å². The number of carbonyl (C=O) groups excluding carboxylic acids is 3. The zero-order chi connectivity index (χ0) is 40.3. The summed E-state index contributed by atoms with van der Waals surface area (Å²) in [6, 6.07) is 27.7. The van der Waals surface area contributed by atoms with E-state index in [2.05, 4.69) is 10.3 Å². The molecule has 298 valence electrons. The Kier molecular flexibility index (Phi) is 9.40. The third-order valence-electron chi connectivity index (χ3n) is 11.7. The number of ether oxygens (including phenoxy) is 3. The molecule has 5 heterocycles. The number of rotatable bonds is 10. The highest BCUT2D eigenvalue weighted by atomic mass is 28.4. The maximum atomic E-state index is 16.7. The SMILES string of the molecule is C[C@H]1[C@H]([Si](C)(C)F)[C@@H](CCn2cc(CCO)nn2)O[C@]12C(=O)N(Cc1ccc(N3C(=O)COc4ccccc43)cc1)c1ccc(N3C(=O)COc4ccccc43)cc12. The molecule has 4 aliphatic heterocycles. The lowest BCUT2D eigenvalue weighted by atomic mass is 9.82. The fourth-order valence-corrected chi connectivity index (χ4v) is 11.8. The number of halogens is 1. The molecule has 0 saturated carbocycles. The predicted octanol–water partition coefficient (Wildman–Crippen LogP) is 6.34. The molecule has 5 aromatic rings. The number of amides is 3. The second kappa shape index (κ2) is 14.5. The van der Waals surface area contributed by atoms with Gasteiger partial charge in [-0.05, 0) is 79.7 Å². The normalized spacial score (nSPS) is 22.5. The van der Waals surface area contributed by atoms with Gasteiger partial charge in [0.2, 0.25) is 8.41 Å². The molecule has 0 unspecified atom stereocenters. The van der Waals surface area contributed by atoms with Crippen LogP contribution in [0.15, 0.2) is 97.2 Å². The second-order valence-corrected chi connectivity index (χ2v) is 19.5. The van der Waals surface area contributed by atoms with Crippen LogP contribution in [0.4, 0.5) is 32.5 Å². The van der Waals surface area contributed by atoms with Crippen molar-refractivity contribution in [3.63, 3.8) is 0 Å². The molecule has 4 aliphatic rings. The van der Waals surface area contributed by atoms with E-state index in [1.807, 2.05) is 91.9 Å². The Hall–Kier alpha value is -5.90. The summed E-state index contributed by atoms with van der Waals surface area (Å²) in [5.74, 6) is -0.159. The van der Waals surface area contributed by atoms with E-state index in [0.717, 1.165) is 5.56 Å². The first kappa shape index (κ1) is 37.7. The van der Waals surface area contributed by atoms with Crippen LogP contribution in [0, 0.1) is 5.92 Å². The van der Waals surface area contributed by atoms with Crippen molar-refractivity contribution in [3.8, 4) is 11.5 Å². The topological polar surface area (TPSA) is 140 Å². The zero-order valence-electron chi connectivity index (χ0n) is 32.4. The molecular weight excluding hydrogens is 760 g/mol. The fourth-order valence-electron chi connectivity index (χ4n) is 9.24. The molecule has 1 aromatic heterocycles. The lowest BCUT2D eigenvalue weighted by Gasteiger charge is -2.32. The highest BCUT2D eigenvalue weighted by Gasteiger charge is 2.66. The number of benzene rings is 4. The smallest absolute Gasteiger partial charge is 0.269 e. The van der Waals surface area contributed by atoms with Crippen LogP contribution in [-0.2, 0) is 44.2 Å². The summed E-state index contributed by atoms with van der Waals surface area (Å²) >= 11 is 0. The molecule has 1 spiro atoms. The zero-order valence-corrected chi connectivity index (χ0v) is 33.4. The van der Waals surface area contributed by atoms with Crippen molar-refractivity contribution >= 4 is 54.6 Å². The van der Waals surface area contributed by atoms with Gasteiger partial charge < -0.3 is 28.3 Å². The number of aryl methyl sites for hydroxylation is 1. The van der Waals surface area contributed by atoms with Crippen molar-refractivity contribution in [2.75, 3.05) is 34.5 Å². The Bertz CT molecular complexity index is 2420. The number of hydrogen-bond donors (Lipinski definition) is 1. The molecule has 0 radical (unpaired) electrons. The van der Waals surface area contributed by atoms with Gasteiger partial charge in [0.25, 0.3) is 17.7 Å². The third kappa shape index (κ3) is 6.24. The maximum absolute atomic E-state index is 16.7. The van der Waals surface area contributed by atoms with Crippen molar-refractivity contribution in [2.45, 2.75) is 63.2 Å². The van der Waals surface area contributed by atoms with Crippen molar-refractivity contribution in [3.05, 3.63) is 114 Å². The van der Waals surface area contributed by atoms with Crippen LogP contribution in [0.25, 0.3) is 0 Å². The minimum atomic E-state index is -3.49. The van der Waals surface area contributed by atoms with Crippen LogP contribution in [0.2, 0.25) is 18.6 Å². The summed E-state index contributed by atoms with van der Waals surface area (Å²) < 4.78 is 36.8. The van der Waals surface area contributed by atoms with Gasteiger partial charge in [-0.2, -0.15) is 0 Å². The molecule has 3 amide bonds. The van der Waals surface area contributed by atoms with Gasteiger partial charge in [-0.1, -0.05) is 48.5 Å². The number of hydrogen-bond acceptors (Lipinski definition) is 9. The molecule has 0 bridgehead atoms. The molecule has 15 heteroatoms. The van der Waals surface area contributed by atoms with Gasteiger partial charge in [0.15, 0.2) is 18.8 Å². The van der Waals surface area contributed by atoms with Gasteiger partial charge >= 0.3 is 0 Å². The van der Waals surface area contributed by atoms with E-state index in [-0.39, 0.29) is 44.1 Å². The second-order valence-electron chi connectivity index (χ2n) is 15.7. The van der Waals surface area contributed by atoms with Gasteiger partial charge in [0, 0.05) is 54.2 Å². The molecule has 4 aromatic carbocycles. The van der Waals surface area contributed by atoms with Crippen molar-refractivity contribution < 1.29 is 37.8 Å². The number of para-hydroxylation sites is 4. The van der Waals surface area contributed by atoms with Crippen LogP contribution in [0.1, 0.15) is 30.2 Å². The van der Waals surface area contributed by atoms with Gasteiger partial charge in [-0.25, -0.2) is 0 Å². The average molecular weight is 803 g/mol. The largest absolute Gasteiger partial charge is 0.482 e. The van der Waals surface area contributed by atoms with Crippen LogP contribution in [0.3, 0.4) is 0 Å². The molecular formula is C43H43FN6O7Si. The van der Waals surface area contributed by atoms with Gasteiger partial charge in [-0.3, -0.25) is 28.9 Å². The Balaban J connectivity index is 1.10. The molecule has 4 atom stereocenters. The number of aliphatic hydroxyl groups is 1. The average Bonchev–Trinajstić information content (AvgIpc) is 3.86. The summed E-state index contributed by atoms with van der Waals surface area (Å²) in [5.41, 5.74) is 2.96. The summed E-state index contributed by atoms with van der Waals surface area (Å²) in [7, 11) is -3.49. The number of anilines is 5. The van der Waals surface area contributed by atoms with E-state index in [9.17, 15) is 14.7 Å². The summed E-state index contributed by atoms with van der Waals surface area (Å²) in [6.45, 7) is 5.50. The lowest BCUT2D eigenvalue weighted by Crippen LogP contribution is -2.45. The van der Waals surface area contributed by atoms with Crippen LogP contribution in [0.5, 0.6) is 11.5 Å². The highest BCUT2D eigenvalue weighted by Crippen LogP contribution is 2.61. The Morgan fingerprint density at radius 1 is 0.845 bits per heavy atom. The molecule has 1 fully saturated rings. The first-order valence-corrected chi connectivity index (χ1v) is 22.4. The van der Waals surface area contributed by atoms with E-state index in [0.29, 0.717) is 70.6 Å². The minimum Gasteiger partial charge on any atom is -0.482 e. The minimum absolute atomic E-state index is 0.0535. The van der Waals surface area contributed by atoms with Crippen LogP contribution >= 0.6 is 0 Å². The highest BCUT2D eigenvalue weighted by molar-refractivity contribution is 6.72. The quantitative estimate of drug-likeness (QED) is 0.127. The molecule has 58 heavy (non-hydrogen) atoms. The number of fused-ring (bicyclic) bond motifs is 4. The predicted molar refractivity (Wildman–Crippen MR) is 216 cm³/mol. The van der Waals surface area contributed by atoms with E-state index in [1.54, 1.807) is 44.7 Å². The lowest BCUT2D eigenvalue weighted by molar-refractivity contribution is -0.146. The van der Waals surface area contributed by atoms with Crippen molar-refractivity contribution in [1.82, 2.24) is 15.0 Å². The van der Waals surface area contributed by atoms with Crippen molar-refractivity contribution in [2.24, 2.45) is 5.92 Å². The number of carbonyl (C=O) groups is 3. The monoisotopic (exact) mass is 802 g/mol. The summed E-state index contributed by atoms with van der Waals surface area (Å²) in [5, 5.41) is 17.7. The fraction of sp³-hybridized carbons (Fsp3) is 0.326. The standard InChI is InChI=1S/C43H43FN6O7Si/c1-27-41(58(2,3)44)38(18-20-47-24-29(19-21-51)45-46-47)57-43(27)32-22-31(50-35-9-5-7-11-37(35)56-26-40(50)53)16-17-33(32)48(42(43)54)23-28-12-14-30(15-13-28)49-34-8-4-6-10-36(34)55-25-39(49)52/h4-17,22,24,27,38,41,51H,18-21,23,25-26H2,1-3H3/t27-,38+,41-,43+/m0/s1. The summed E-state index contributed by atoms with van der Waals surface area (Å²) in [4.78, 5) is 46.8. The Morgan fingerprint density at radius 2 is 1.47 bits per heavy atom. The molecule has 1 N–H and O–H groups in total. The number of aliphatic hydroxyl groups excluding tert-OH is 1. The van der Waals surface area contributed by atoms with E-state index >= 15 is 8.90 Å². The first-order chi connectivity index (χ1) is 28.0. The first-order valence-electron chi connectivity index (χ1n) is 19.5.